The van der Waals surface area contributed by atoms with Crippen molar-refractivity contribution in [3.05, 3.63) is 54.0 Å². The topological polar surface area (TPSA) is 56.7 Å². The van der Waals surface area contributed by atoms with Gasteiger partial charge in [-0.1, -0.05) is 35.5 Å². The fraction of sp³-hybridized carbons (Fsp3) is 0.312. The molecule has 0 bridgehead atoms. The number of alkyl halides is 2. The summed E-state index contributed by atoms with van der Waals surface area (Å²) in [6, 6.07) is 11.8. The molecule has 118 valence electrons. The van der Waals surface area contributed by atoms with Crippen LogP contribution in [0.15, 0.2) is 47.1 Å². The van der Waals surface area contributed by atoms with E-state index in [1.165, 1.54) is 16.4 Å². The van der Waals surface area contributed by atoms with E-state index in [-0.39, 0.29) is 11.8 Å². The summed E-state index contributed by atoms with van der Waals surface area (Å²) in [5.41, 5.74) is 1.67. The van der Waals surface area contributed by atoms with Gasteiger partial charge in [0.15, 0.2) is 5.82 Å². The number of halogens is 2. The Balaban J connectivity index is 1.54. The van der Waals surface area contributed by atoms with Gasteiger partial charge in [0.1, 0.15) is 12.2 Å². The molecular formula is C16H14F2N4O. The SMILES string of the molecule is FC(F)Cn1nccc1-c1nc([C@@H]2C[C@H]2c2ccccc2)no1. The normalized spacial score (nSPS) is 20.1. The van der Waals surface area contributed by atoms with Gasteiger partial charge in [-0.2, -0.15) is 10.1 Å². The van der Waals surface area contributed by atoms with Gasteiger partial charge in [0.2, 0.25) is 0 Å². The van der Waals surface area contributed by atoms with E-state index in [1.807, 2.05) is 18.2 Å². The molecule has 23 heavy (non-hydrogen) atoms. The van der Waals surface area contributed by atoms with Gasteiger partial charge >= 0.3 is 0 Å². The zero-order valence-electron chi connectivity index (χ0n) is 12.1. The van der Waals surface area contributed by atoms with Crippen molar-refractivity contribution < 1.29 is 13.3 Å². The predicted octanol–water partition coefficient (Wildman–Crippen LogP) is 3.47. The van der Waals surface area contributed by atoms with Crippen molar-refractivity contribution in [2.24, 2.45) is 0 Å². The number of rotatable bonds is 5. The minimum Gasteiger partial charge on any atom is -0.332 e. The van der Waals surface area contributed by atoms with Crippen LogP contribution >= 0.6 is 0 Å². The Kier molecular flexibility index (Phi) is 3.40. The monoisotopic (exact) mass is 316 g/mol. The summed E-state index contributed by atoms with van der Waals surface area (Å²) in [5, 5.41) is 7.89. The van der Waals surface area contributed by atoms with Crippen LogP contribution in [0.25, 0.3) is 11.6 Å². The molecule has 1 aliphatic rings. The summed E-state index contributed by atoms with van der Waals surface area (Å²) < 4.78 is 31.5. The molecule has 0 amide bonds. The van der Waals surface area contributed by atoms with E-state index in [0.29, 0.717) is 17.4 Å². The zero-order chi connectivity index (χ0) is 15.8. The van der Waals surface area contributed by atoms with Gasteiger partial charge < -0.3 is 4.52 Å². The maximum absolute atomic E-state index is 12.5. The highest BCUT2D eigenvalue weighted by Gasteiger charge is 2.43. The third-order valence-electron chi connectivity index (χ3n) is 4.04. The summed E-state index contributed by atoms with van der Waals surface area (Å²) >= 11 is 0. The van der Waals surface area contributed by atoms with Crippen LogP contribution in [0, 0.1) is 0 Å². The third kappa shape index (κ3) is 2.74. The van der Waals surface area contributed by atoms with E-state index < -0.39 is 13.0 Å². The molecule has 3 aromatic rings. The fourth-order valence-electron chi connectivity index (χ4n) is 2.83. The molecule has 0 radical (unpaired) electrons. The molecule has 1 fully saturated rings. The number of hydrogen-bond acceptors (Lipinski definition) is 4. The number of hydrogen-bond donors (Lipinski definition) is 0. The van der Waals surface area contributed by atoms with Crippen molar-refractivity contribution in [1.82, 2.24) is 19.9 Å². The van der Waals surface area contributed by atoms with Crippen LogP contribution in [0.1, 0.15) is 29.6 Å². The quantitative estimate of drug-likeness (QED) is 0.723. The van der Waals surface area contributed by atoms with Crippen molar-refractivity contribution in [3.8, 4) is 11.6 Å². The van der Waals surface area contributed by atoms with Gasteiger partial charge in [-0.25, -0.2) is 8.78 Å². The summed E-state index contributed by atoms with van der Waals surface area (Å²) in [4.78, 5) is 4.37. The summed E-state index contributed by atoms with van der Waals surface area (Å²) in [6.07, 6.45) is -0.0629. The van der Waals surface area contributed by atoms with Crippen molar-refractivity contribution in [2.45, 2.75) is 31.2 Å². The molecule has 0 spiro atoms. The van der Waals surface area contributed by atoms with E-state index >= 15 is 0 Å². The lowest BCUT2D eigenvalue weighted by Gasteiger charge is -2.02. The summed E-state index contributed by atoms with van der Waals surface area (Å²) in [5.74, 6) is 1.48. The van der Waals surface area contributed by atoms with Gasteiger partial charge in [-0.15, -0.1) is 0 Å². The molecule has 0 N–H and O–H groups in total. The highest BCUT2D eigenvalue weighted by molar-refractivity contribution is 5.46. The molecule has 7 heteroatoms. The van der Waals surface area contributed by atoms with Crippen LogP contribution in [0.3, 0.4) is 0 Å². The highest BCUT2D eigenvalue weighted by atomic mass is 19.3. The average molecular weight is 316 g/mol. The first-order valence-corrected chi connectivity index (χ1v) is 7.41. The molecule has 2 atom stereocenters. The van der Waals surface area contributed by atoms with Gasteiger partial charge in [0.25, 0.3) is 12.3 Å². The Hall–Kier alpha value is -2.57. The fourth-order valence-corrected chi connectivity index (χ4v) is 2.83. The van der Waals surface area contributed by atoms with Crippen LogP contribution < -0.4 is 0 Å². The Labute approximate surface area is 130 Å². The summed E-state index contributed by atoms with van der Waals surface area (Å²) in [6.45, 7) is -0.490. The Bertz CT molecular complexity index is 799. The van der Waals surface area contributed by atoms with Crippen molar-refractivity contribution in [1.29, 1.82) is 0 Å². The molecule has 5 nitrogen and oxygen atoms in total. The second-order valence-corrected chi connectivity index (χ2v) is 5.61. The van der Waals surface area contributed by atoms with Crippen molar-refractivity contribution in [3.63, 3.8) is 0 Å². The lowest BCUT2D eigenvalue weighted by molar-refractivity contribution is 0.122. The number of nitrogens with zero attached hydrogens (tertiary/aromatic N) is 4. The van der Waals surface area contributed by atoms with Crippen LogP contribution in [0.5, 0.6) is 0 Å². The Morgan fingerprint density at radius 2 is 2.00 bits per heavy atom. The second kappa shape index (κ2) is 5.57. The molecule has 2 heterocycles. The van der Waals surface area contributed by atoms with E-state index in [2.05, 4.69) is 27.4 Å². The van der Waals surface area contributed by atoms with Crippen LogP contribution in [0.4, 0.5) is 8.78 Å². The van der Waals surface area contributed by atoms with E-state index in [9.17, 15) is 8.78 Å². The molecule has 0 aliphatic heterocycles. The molecule has 2 aromatic heterocycles. The minimum atomic E-state index is -2.48. The maximum atomic E-state index is 12.5. The third-order valence-corrected chi connectivity index (χ3v) is 4.04. The number of aromatic nitrogens is 4. The van der Waals surface area contributed by atoms with Crippen molar-refractivity contribution in [2.75, 3.05) is 0 Å². The van der Waals surface area contributed by atoms with Crippen molar-refractivity contribution >= 4 is 0 Å². The van der Waals surface area contributed by atoms with Gasteiger partial charge in [-0.05, 0) is 24.0 Å². The predicted molar refractivity (Wildman–Crippen MR) is 78.1 cm³/mol. The first-order valence-electron chi connectivity index (χ1n) is 7.41. The average Bonchev–Trinajstić information content (AvgIpc) is 2.97. The Morgan fingerprint density at radius 1 is 1.17 bits per heavy atom. The zero-order valence-corrected chi connectivity index (χ0v) is 12.1. The molecule has 4 rings (SSSR count). The highest BCUT2D eigenvalue weighted by Crippen LogP contribution is 2.53. The summed E-state index contributed by atoms with van der Waals surface area (Å²) in [7, 11) is 0. The lowest BCUT2D eigenvalue weighted by atomic mass is 10.1. The van der Waals surface area contributed by atoms with Crippen LogP contribution in [-0.2, 0) is 6.54 Å². The minimum absolute atomic E-state index is 0.223. The van der Waals surface area contributed by atoms with E-state index in [1.54, 1.807) is 6.07 Å². The number of benzene rings is 1. The largest absolute Gasteiger partial charge is 0.332 e. The van der Waals surface area contributed by atoms with Gasteiger partial charge in [0, 0.05) is 12.1 Å². The van der Waals surface area contributed by atoms with Crippen LogP contribution in [-0.4, -0.2) is 26.3 Å². The maximum Gasteiger partial charge on any atom is 0.276 e. The molecule has 1 aromatic carbocycles. The molecule has 1 aliphatic carbocycles. The molecule has 0 saturated heterocycles. The molecule has 1 saturated carbocycles. The van der Waals surface area contributed by atoms with E-state index in [0.717, 1.165) is 6.42 Å². The van der Waals surface area contributed by atoms with E-state index in [4.69, 9.17) is 4.52 Å². The first kappa shape index (κ1) is 14.0. The van der Waals surface area contributed by atoms with Crippen LogP contribution in [0.2, 0.25) is 0 Å². The smallest absolute Gasteiger partial charge is 0.276 e. The van der Waals surface area contributed by atoms with Gasteiger partial charge in [-0.3, -0.25) is 4.68 Å². The van der Waals surface area contributed by atoms with Gasteiger partial charge in [0.05, 0.1) is 0 Å². The standard InChI is InChI=1S/C16H14F2N4O/c17-14(18)9-22-13(6-7-19-22)16-20-15(21-23-16)12-8-11(12)10-4-2-1-3-5-10/h1-7,11-12,14H,8-9H2/t11-,12+/m0/s1. The molecule has 0 unspecified atom stereocenters. The lowest BCUT2D eigenvalue weighted by Crippen LogP contribution is -2.09. The Morgan fingerprint density at radius 3 is 2.78 bits per heavy atom. The first-order chi connectivity index (χ1) is 11.2. The molecular weight excluding hydrogens is 302 g/mol. The second-order valence-electron chi connectivity index (χ2n) is 5.61.